The van der Waals surface area contributed by atoms with Crippen LogP contribution >= 0.6 is 0 Å². The van der Waals surface area contributed by atoms with Crippen LogP contribution in [0.3, 0.4) is 0 Å². The maximum absolute atomic E-state index is 13.1. The lowest BCUT2D eigenvalue weighted by Crippen LogP contribution is -2.43. The van der Waals surface area contributed by atoms with Crippen LogP contribution in [-0.4, -0.2) is 150 Å². The highest BCUT2D eigenvalue weighted by Crippen LogP contribution is 2.27. The number of hydrogen-bond donors (Lipinski definition) is 1. The number of aliphatic hydroxyl groups is 1. The predicted octanol–water partition coefficient (Wildman–Crippen LogP) is 3.32. The van der Waals surface area contributed by atoms with Gasteiger partial charge in [-0.25, -0.2) is 35.1 Å². The predicted molar refractivity (Wildman–Crippen MR) is 138 cm³/mol. The molecular weight excluding hydrogens is 604 g/mol. The molecule has 2 rings (SSSR count). The topological polar surface area (TPSA) is 89.9 Å². The summed E-state index contributed by atoms with van der Waals surface area (Å²) in [7, 11) is 0. The number of rotatable bonds is 19. The lowest BCUT2D eigenvalue weighted by Gasteiger charge is -2.30. The number of halogens is 8. The third kappa shape index (κ3) is 21.9. The summed E-state index contributed by atoms with van der Waals surface area (Å²) in [6.07, 6.45) is -11.9. The Balaban J connectivity index is 0.000000434. The molecule has 2 saturated heterocycles. The smallest absolute Gasteiger partial charge is 0.303 e. The summed E-state index contributed by atoms with van der Waals surface area (Å²) in [4.78, 5) is 15.1. The molecule has 9 nitrogen and oxygen atoms in total. The van der Waals surface area contributed by atoms with Crippen LogP contribution in [0.5, 0.6) is 0 Å². The van der Waals surface area contributed by atoms with Gasteiger partial charge in [0.1, 0.15) is 6.10 Å². The van der Waals surface area contributed by atoms with Gasteiger partial charge in [0, 0.05) is 59.0 Å². The first-order chi connectivity index (χ1) is 20.2. The van der Waals surface area contributed by atoms with Crippen LogP contribution in [0.25, 0.3) is 0 Å². The number of ether oxygens (including phenoxy) is 5. The van der Waals surface area contributed by atoms with E-state index < -0.39 is 68.6 Å². The molecular formula is C26H44F8N2O7. The summed E-state index contributed by atoms with van der Waals surface area (Å²) in [5, 5.41) is 9.66. The fraction of sp³-hybridized carbons (Fsp3) is 0.962. The summed E-state index contributed by atoms with van der Waals surface area (Å²) < 4.78 is 125. The molecule has 0 saturated carbocycles. The number of morpholine rings is 2. The van der Waals surface area contributed by atoms with E-state index in [1.54, 1.807) is 0 Å². The molecule has 0 aromatic carbocycles. The fourth-order valence-corrected chi connectivity index (χ4v) is 4.10. The number of β-amino-alcohol motifs (C(OH)–C–C–N with tert-alkyl or cyclic N) is 1. The molecule has 0 aromatic heterocycles. The molecule has 0 spiro atoms. The minimum atomic E-state index is -3.46. The molecule has 0 amide bonds. The van der Waals surface area contributed by atoms with Crippen molar-refractivity contribution < 1.29 is 68.7 Å². The maximum Gasteiger partial charge on any atom is 0.303 e. The van der Waals surface area contributed by atoms with Crippen molar-refractivity contribution in [2.75, 3.05) is 92.1 Å². The van der Waals surface area contributed by atoms with Crippen molar-refractivity contribution in [3.8, 4) is 0 Å². The molecule has 0 aliphatic carbocycles. The van der Waals surface area contributed by atoms with Gasteiger partial charge < -0.3 is 28.8 Å². The summed E-state index contributed by atoms with van der Waals surface area (Å²) in [6, 6.07) is 0. The number of carbonyl (C=O) groups is 1. The van der Waals surface area contributed by atoms with Crippen molar-refractivity contribution in [2.24, 2.45) is 0 Å². The van der Waals surface area contributed by atoms with Crippen molar-refractivity contribution in [1.29, 1.82) is 0 Å². The van der Waals surface area contributed by atoms with Gasteiger partial charge in [-0.3, -0.25) is 14.6 Å². The third-order valence-electron chi connectivity index (χ3n) is 6.22. The maximum atomic E-state index is 13.1. The van der Waals surface area contributed by atoms with E-state index in [1.165, 1.54) is 6.92 Å². The second kappa shape index (κ2) is 21.4. The minimum absolute atomic E-state index is 0.0539. The highest BCUT2D eigenvalue weighted by Gasteiger charge is 2.33. The number of esters is 1. The number of nitrogens with zero attached hydrogens (tertiary/aromatic N) is 2. The standard InChI is InChI=1S/C14H23F4NO4.C12H21F4NO3/c1-11(20)23-12(9-19-3-6-21-7-4-19)10-22-5-2-14(17,18)8-13(15)16;13-11(14)7-12(15,16)1-4-20-9-10(18)8-17-2-5-19-6-3-17/h12-13H,2-10H2,1H3;10-11,18H,1-9H2. The monoisotopic (exact) mass is 648 g/mol. The molecule has 2 aliphatic rings. The van der Waals surface area contributed by atoms with Gasteiger partial charge in [0.05, 0.1) is 71.8 Å². The minimum Gasteiger partial charge on any atom is -0.459 e. The number of aliphatic hydroxyl groups excluding tert-OH is 1. The molecule has 2 fully saturated rings. The molecule has 17 heteroatoms. The van der Waals surface area contributed by atoms with Crippen molar-refractivity contribution >= 4 is 5.97 Å². The summed E-state index contributed by atoms with van der Waals surface area (Å²) in [5.74, 6) is -7.38. The molecule has 256 valence electrons. The van der Waals surface area contributed by atoms with Crippen LogP contribution in [-0.2, 0) is 28.5 Å². The van der Waals surface area contributed by atoms with Crippen LogP contribution in [0.15, 0.2) is 0 Å². The van der Waals surface area contributed by atoms with Crippen molar-refractivity contribution in [2.45, 2.75) is 69.5 Å². The van der Waals surface area contributed by atoms with E-state index in [0.29, 0.717) is 65.7 Å². The Morgan fingerprint density at radius 2 is 1.19 bits per heavy atom. The van der Waals surface area contributed by atoms with Crippen molar-refractivity contribution in [3.63, 3.8) is 0 Å². The SMILES string of the molecule is CC(=O)OC(COCCC(F)(F)CC(F)F)CN1CCOCC1.OC(COCCC(F)(F)CC(F)F)CN1CCOCC1. The van der Waals surface area contributed by atoms with Crippen LogP contribution in [0.4, 0.5) is 35.1 Å². The van der Waals surface area contributed by atoms with Crippen LogP contribution in [0.2, 0.25) is 0 Å². The number of alkyl halides is 8. The second-order valence-electron chi connectivity index (χ2n) is 10.3. The lowest BCUT2D eigenvalue weighted by atomic mass is 10.2. The molecule has 2 unspecified atom stereocenters. The van der Waals surface area contributed by atoms with E-state index in [9.17, 15) is 45.0 Å². The molecule has 2 atom stereocenters. The van der Waals surface area contributed by atoms with Crippen LogP contribution < -0.4 is 0 Å². The highest BCUT2D eigenvalue weighted by atomic mass is 19.3. The average molecular weight is 649 g/mol. The Labute approximate surface area is 246 Å². The zero-order chi connectivity index (χ0) is 32.3. The first-order valence-corrected chi connectivity index (χ1v) is 14.1. The zero-order valence-electron chi connectivity index (χ0n) is 24.4. The Hall–Kier alpha value is -1.37. The van der Waals surface area contributed by atoms with Gasteiger partial charge in [-0.2, -0.15) is 0 Å². The van der Waals surface area contributed by atoms with E-state index in [2.05, 4.69) is 0 Å². The van der Waals surface area contributed by atoms with Crippen molar-refractivity contribution in [3.05, 3.63) is 0 Å². The largest absolute Gasteiger partial charge is 0.459 e. The van der Waals surface area contributed by atoms with Gasteiger partial charge in [0.15, 0.2) is 0 Å². The first kappa shape index (κ1) is 39.7. The molecule has 0 aromatic rings. The van der Waals surface area contributed by atoms with Gasteiger partial charge in [-0.05, 0) is 0 Å². The summed E-state index contributed by atoms with van der Waals surface area (Å²) in [6.45, 7) is 6.35. The van der Waals surface area contributed by atoms with Gasteiger partial charge >= 0.3 is 5.97 Å². The molecule has 0 bridgehead atoms. The first-order valence-electron chi connectivity index (χ1n) is 14.1. The Bertz CT molecular complexity index is 732. The van der Waals surface area contributed by atoms with E-state index in [-0.39, 0.29) is 26.4 Å². The van der Waals surface area contributed by atoms with Crippen molar-refractivity contribution in [1.82, 2.24) is 9.80 Å². The lowest BCUT2D eigenvalue weighted by molar-refractivity contribution is -0.152. The zero-order valence-corrected chi connectivity index (χ0v) is 24.4. The van der Waals surface area contributed by atoms with Crippen LogP contribution in [0, 0.1) is 0 Å². The number of carbonyl (C=O) groups excluding carboxylic acids is 1. The molecule has 2 aliphatic heterocycles. The van der Waals surface area contributed by atoms with Gasteiger partial charge in [-0.15, -0.1) is 0 Å². The Morgan fingerprint density at radius 1 is 0.767 bits per heavy atom. The van der Waals surface area contributed by atoms with Gasteiger partial charge in [0.2, 0.25) is 12.9 Å². The summed E-state index contributed by atoms with van der Waals surface area (Å²) in [5.41, 5.74) is 0. The quantitative estimate of drug-likeness (QED) is 0.129. The Morgan fingerprint density at radius 3 is 1.60 bits per heavy atom. The van der Waals surface area contributed by atoms with E-state index in [4.69, 9.17) is 23.7 Å². The van der Waals surface area contributed by atoms with Gasteiger partial charge in [0.25, 0.3) is 11.8 Å². The third-order valence-corrected chi connectivity index (χ3v) is 6.22. The Kier molecular flexibility index (Phi) is 19.7. The number of hydrogen-bond acceptors (Lipinski definition) is 9. The van der Waals surface area contributed by atoms with Crippen LogP contribution in [0.1, 0.15) is 32.6 Å². The molecule has 1 N–H and O–H groups in total. The normalized spacial score (nSPS) is 18.8. The average Bonchev–Trinajstić information content (AvgIpc) is 2.89. The summed E-state index contributed by atoms with van der Waals surface area (Å²) >= 11 is 0. The highest BCUT2D eigenvalue weighted by molar-refractivity contribution is 5.66. The molecule has 0 radical (unpaired) electrons. The van der Waals surface area contributed by atoms with E-state index in [1.807, 2.05) is 9.80 Å². The van der Waals surface area contributed by atoms with E-state index >= 15 is 0 Å². The van der Waals surface area contributed by atoms with E-state index in [0.717, 1.165) is 0 Å². The second-order valence-corrected chi connectivity index (χ2v) is 10.3. The fourth-order valence-electron chi connectivity index (χ4n) is 4.10. The van der Waals surface area contributed by atoms with Gasteiger partial charge in [-0.1, -0.05) is 0 Å². The molecule has 43 heavy (non-hydrogen) atoms. The molecule has 2 heterocycles.